The van der Waals surface area contributed by atoms with Crippen molar-refractivity contribution < 1.29 is 29.0 Å². The molecule has 0 aliphatic carbocycles. The van der Waals surface area contributed by atoms with Crippen molar-refractivity contribution in [3.8, 4) is 0 Å². The van der Waals surface area contributed by atoms with Crippen molar-refractivity contribution in [2.75, 3.05) is 44.3 Å². The molecule has 2 N–H and O–H groups in total. The normalized spacial score (nSPS) is 22.7. The van der Waals surface area contributed by atoms with Crippen molar-refractivity contribution >= 4 is 29.2 Å². The van der Waals surface area contributed by atoms with Gasteiger partial charge in [-0.05, 0) is 49.4 Å². The van der Waals surface area contributed by atoms with Gasteiger partial charge in [0.1, 0.15) is 18.2 Å². The SMILES string of the molecule is CCCCC(O)C(=O)N1CC(=O)C2C1CCN2C(=O)C(CC(C)C)NC(=O)c1ccc(N2CCOCC2)cc1. The van der Waals surface area contributed by atoms with Crippen LogP contribution in [0.25, 0.3) is 0 Å². The number of anilines is 1. The third-order valence-corrected chi connectivity index (χ3v) is 7.92. The first-order chi connectivity index (χ1) is 18.7. The van der Waals surface area contributed by atoms with Gasteiger partial charge in [-0.2, -0.15) is 0 Å². The summed E-state index contributed by atoms with van der Waals surface area (Å²) in [6.07, 6.45) is 1.70. The Kier molecular flexibility index (Phi) is 9.61. The van der Waals surface area contributed by atoms with Crippen LogP contribution in [0.2, 0.25) is 0 Å². The van der Waals surface area contributed by atoms with Gasteiger partial charge in [0.25, 0.3) is 11.8 Å². The van der Waals surface area contributed by atoms with Crippen LogP contribution in [0.4, 0.5) is 5.69 Å². The molecule has 4 atom stereocenters. The predicted octanol–water partition coefficient (Wildman–Crippen LogP) is 1.60. The van der Waals surface area contributed by atoms with Crippen molar-refractivity contribution in [3.05, 3.63) is 29.8 Å². The molecule has 0 saturated carbocycles. The number of benzene rings is 1. The number of amides is 3. The van der Waals surface area contributed by atoms with Crippen LogP contribution < -0.4 is 10.2 Å². The van der Waals surface area contributed by atoms with E-state index in [1.807, 2.05) is 32.9 Å². The van der Waals surface area contributed by atoms with Crippen LogP contribution in [0.1, 0.15) is 63.2 Å². The van der Waals surface area contributed by atoms with Crippen molar-refractivity contribution in [2.45, 2.75) is 77.1 Å². The summed E-state index contributed by atoms with van der Waals surface area (Å²) in [5.74, 6) is -1.15. The average Bonchev–Trinajstić information content (AvgIpc) is 3.52. The Morgan fingerprint density at radius 1 is 1.05 bits per heavy atom. The molecule has 0 spiro atoms. The zero-order valence-electron chi connectivity index (χ0n) is 23.3. The molecule has 0 aromatic heterocycles. The van der Waals surface area contributed by atoms with E-state index in [4.69, 9.17) is 4.74 Å². The Morgan fingerprint density at radius 2 is 1.74 bits per heavy atom. The van der Waals surface area contributed by atoms with Crippen molar-refractivity contribution in [2.24, 2.45) is 5.92 Å². The van der Waals surface area contributed by atoms with Crippen LogP contribution >= 0.6 is 0 Å². The van der Waals surface area contributed by atoms with E-state index >= 15 is 0 Å². The molecule has 3 aliphatic rings. The maximum Gasteiger partial charge on any atom is 0.252 e. The molecule has 3 fully saturated rings. The van der Waals surface area contributed by atoms with E-state index in [0.29, 0.717) is 44.6 Å². The van der Waals surface area contributed by atoms with E-state index in [-0.39, 0.29) is 30.1 Å². The molecule has 3 amide bonds. The van der Waals surface area contributed by atoms with Crippen LogP contribution in [-0.2, 0) is 19.1 Å². The van der Waals surface area contributed by atoms with Crippen molar-refractivity contribution in [3.63, 3.8) is 0 Å². The number of likely N-dealkylation sites (tertiary alicyclic amines) is 2. The van der Waals surface area contributed by atoms with Gasteiger partial charge in [0.15, 0.2) is 5.78 Å². The predicted molar refractivity (Wildman–Crippen MR) is 146 cm³/mol. The average molecular weight is 543 g/mol. The Labute approximate surface area is 230 Å². The van der Waals surface area contributed by atoms with E-state index in [2.05, 4.69) is 10.2 Å². The zero-order valence-corrected chi connectivity index (χ0v) is 23.3. The first-order valence-corrected chi connectivity index (χ1v) is 14.3. The number of hydrogen-bond donors (Lipinski definition) is 2. The van der Waals surface area contributed by atoms with Crippen LogP contribution in [0, 0.1) is 5.92 Å². The van der Waals surface area contributed by atoms with E-state index in [9.17, 15) is 24.3 Å². The Balaban J connectivity index is 1.43. The highest BCUT2D eigenvalue weighted by Crippen LogP contribution is 2.31. The summed E-state index contributed by atoms with van der Waals surface area (Å²) in [7, 11) is 0. The van der Waals surface area contributed by atoms with Gasteiger partial charge in [-0.3, -0.25) is 19.2 Å². The smallest absolute Gasteiger partial charge is 0.252 e. The molecule has 3 aliphatic heterocycles. The Morgan fingerprint density at radius 3 is 2.38 bits per heavy atom. The van der Waals surface area contributed by atoms with Gasteiger partial charge in [-0.25, -0.2) is 0 Å². The van der Waals surface area contributed by atoms with E-state index < -0.39 is 30.1 Å². The van der Waals surface area contributed by atoms with Crippen LogP contribution in [-0.4, -0.2) is 102 Å². The summed E-state index contributed by atoms with van der Waals surface area (Å²) in [5, 5.41) is 13.3. The van der Waals surface area contributed by atoms with Gasteiger partial charge >= 0.3 is 0 Å². The second-order valence-electron chi connectivity index (χ2n) is 11.2. The van der Waals surface area contributed by atoms with Gasteiger partial charge < -0.3 is 29.9 Å². The summed E-state index contributed by atoms with van der Waals surface area (Å²) in [6.45, 7) is 9.12. The van der Waals surface area contributed by atoms with E-state index in [1.54, 1.807) is 12.1 Å². The van der Waals surface area contributed by atoms with Crippen LogP contribution in [0.3, 0.4) is 0 Å². The molecule has 39 heavy (non-hydrogen) atoms. The third-order valence-electron chi connectivity index (χ3n) is 7.92. The van der Waals surface area contributed by atoms with Crippen molar-refractivity contribution in [1.82, 2.24) is 15.1 Å². The minimum atomic E-state index is -1.14. The molecular weight excluding hydrogens is 500 g/mol. The highest BCUT2D eigenvalue weighted by Gasteiger charge is 2.52. The molecule has 3 saturated heterocycles. The molecule has 3 heterocycles. The van der Waals surface area contributed by atoms with Gasteiger partial charge in [-0.1, -0.05) is 33.6 Å². The second-order valence-corrected chi connectivity index (χ2v) is 11.2. The molecule has 10 nitrogen and oxygen atoms in total. The number of rotatable bonds is 10. The zero-order chi connectivity index (χ0) is 28.1. The topological polar surface area (TPSA) is 119 Å². The quantitative estimate of drug-likeness (QED) is 0.461. The molecule has 4 unspecified atom stereocenters. The Bertz CT molecular complexity index is 1040. The van der Waals surface area contributed by atoms with E-state index in [1.165, 1.54) is 9.80 Å². The van der Waals surface area contributed by atoms with Crippen molar-refractivity contribution in [1.29, 1.82) is 0 Å². The van der Waals surface area contributed by atoms with Crippen LogP contribution in [0.5, 0.6) is 0 Å². The number of unbranched alkanes of at least 4 members (excludes halogenated alkanes) is 1. The highest BCUT2D eigenvalue weighted by molar-refractivity contribution is 6.01. The van der Waals surface area contributed by atoms with Gasteiger partial charge in [-0.15, -0.1) is 0 Å². The summed E-state index contributed by atoms with van der Waals surface area (Å²) < 4.78 is 5.40. The number of Topliss-reactive ketones (excluding diaryl/α,β-unsaturated/α-hetero) is 1. The molecular formula is C29H42N4O6. The molecule has 0 bridgehead atoms. The number of carbonyl (C=O) groups is 4. The molecule has 1 aromatic carbocycles. The number of hydrogen-bond acceptors (Lipinski definition) is 7. The fourth-order valence-corrected chi connectivity index (χ4v) is 5.85. The second kappa shape index (κ2) is 12.9. The largest absolute Gasteiger partial charge is 0.383 e. The number of aliphatic hydroxyl groups excluding tert-OH is 1. The lowest BCUT2D eigenvalue weighted by Gasteiger charge is -2.30. The lowest BCUT2D eigenvalue weighted by atomic mass is 10.0. The number of morpholine rings is 1. The molecule has 10 heteroatoms. The molecule has 214 valence electrons. The lowest BCUT2D eigenvalue weighted by molar-refractivity contribution is -0.142. The molecule has 1 aromatic rings. The van der Waals surface area contributed by atoms with Gasteiger partial charge in [0.2, 0.25) is 5.91 Å². The summed E-state index contributed by atoms with van der Waals surface area (Å²) in [6, 6.07) is 5.37. The fraction of sp³-hybridized carbons (Fsp3) is 0.655. The fourth-order valence-electron chi connectivity index (χ4n) is 5.85. The molecule has 4 rings (SSSR count). The number of ketones is 1. The maximum absolute atomic E-state index is 13.7. The van der Waals surface area contributed by atoms with Crippen LogP contribution in [0.15, 0.2) is 24.3 Å². The van der Waals surface area contributed by atoms with E-state index in [0.717, 1.165) is 31.6 Å². The highest BCUT2D eigenvalue weighted by atomic mass is 16.5. The first-order valence-electron chi connectivity index (χ1n) is 14.3. The summed E-state index contributed by atoms with van der Waals surface area (Å²) in [5.41, 5.74) is 1.48. The summed E-state index contributed by atoms with van der Waals surface area (Å²) >= 11 is 0. The maximum atomic E-state index is 13.7. The lowest BCUT2D eigenvalue weighted by Crippen LogP contribution is -2.53. The minimum absolute atomic E-state index is 0.0994. The number of fused-ring (bicyclic) bond motifs is 1. The third kappa shape index (κ3) is 6.61. The number of aliphatic hydroxyl groups is 1. The summed E-state index contributed by atoms with van der Waals surface area (Å²) in [4.78, 5) is 58.0. The minimum Gasteiger partial charge on any atom is -0.383 e. The van der Waals surface area contributed by atoms with Gasteiger partial charge in [0, 0.05) is 30.9 Å². The number of nitrogens with zero attached hydrogens (tertiary/aromatic N) is 3. The first kappa shape index (κ1) is 29.0. The number of carbonyl (C=O) groups excluding carboxylic acids is 4. The Hall–Kier alpha value is -2.98. The standard InChI is InChI=1S/C29H42N4O6/c1-4-5-6-24(34)29(38)33-18-25(35)26-23(33)11-12-32(26)28(37)22(17-19(2)3)30-27(36)20-7-9-21(10-8-20)31-13-15-39-16-14-31/h7-10,19,22-24,26,34H,4-6,11-18H2,1-3H3,(H,30,36). The van der Waals surface area contributed by atoms with Gasteiger partial charge in [0.05, 0.1) is 25.8 Å². The monoisotopic (exact) mass is 542 g/mol. The molecule has 0 radical (unpaired) electrons. The number of ether oxygens (including phenoxy) is 1. The number of nitrogens with one attached hydrogen (secondary N) is 1.